The monoisotopic (exact) mass is 336 g/mol. The lowest BCUT2D eigenvalue weighted by molar-refractivity contribution is 0.0814. The van der Waals surface area contributed by atoms with E-state index in [0.29, 0.717) is 18.9 Å². The molecule has 0 saturated heterocycles. The van der Waals surface area contributed by atoms with Gasteiger partial charge in [0.05, 0.1) is 6.20 Å². The van der Waals surface area contributed by atoms with Gasteiger partial charge in [-0.2, -0.15) is 4.39 Å². The number of rotatable bonds is 8. The lowest BCUT2D eigenvalue weighted by Crippen LogP contribution is -2.41. The summed E-state index contributed by atoms with van der Waals surface area (Å²) in [6.45, 7) is 7.22. The molecular weight excluding hydrogens is 315 g/mol. The van der Waals surface area contributed by atoms with Gasteiger partial charge >= 0.3 is 5.69 Å². The Bertz CT molecular complexity index is 580. The molecule has 120 valence electrons. The molecule has 1 aromatic heterocycles. The van der Waals surface area contributed by atoms with Crippen LogP contribution >= 0.6 is 11.6 Å². The van der Waals surface area contributed by atoms with Crippen LogP contribution in [0.4, 0.5) is 4.39 Å². The highest BCUT2D eigenvalue weighted by atomic mass is 35.5. The van der Waals surface area contributed by atoms with Gasteiger partial charge in [-0.25, -0.2) is 4.79 Å². The summed E-state index contributed by atoms with van der Waals surface area (Å²) in [5, 5.41) is 0. The molecule has 0 aliphatic rings. The van der Waals surface area contributed by atoms with Crippen LogP contribution in [0.25, 0.3) is 0 Å². The van der Waals surface area contributed by atoms with Gasteiger partial charge in [0.2, 0.25) is 5.82 Å². The van der Waals surface area contributed by atoms with Gasteiger partial charge in [-0.3, -0.25) is 13.9 Å². The van der Waals surface area contributed by atoms with Crippen LogP contribution in [0.15, 0.2) is 15.8 Å². The number of hydrogen-bond donors (Lipinski definition) is 0. The second kappa shape index (κ2) is 7.91. The van der Waals surface area contributed by atoms with Crippen LogP contribution in [0.2, 0.25) is 25.7 Å². The Labute approximate surface area is 129 Å². The molecule has 0 atom stereocenters. The third-order valence-corrected chi connectivity index (χ3v) is 4.91. The van der Waals surface area contributed by atoms with Crippen molar-refractivity contribution >= 4 is 19.7 Å². The van der Waals surface area contributed by atoms with E-state index in [2.05, 4.69) is 19.6 Å². The fourth-order valence-corrected chi connectivity index (χ4v) is 2.54. The van der Waals surface area contributed by atoms with Crippen LogP contribution in [0.3, 0.4) is 0 Å². The largest absolute Gasteiger partial charge is 0.361 e. The first-order valence-electron chi connectivity index (χ1n) is 6.90. The maximum absolute atomic E-state index is 13.6. The van der Waals surface area contributed by atoms with Crippen molar-refractivity contribution in [1.29, 1.82) is 0 Å². The SMILES string of the molecule is C[Si](C)(C)CCOCn1cc(F)c(=O)n(CCCCl)c1=O. The van der Waals surface area contributed by atoms with E-state index in [1.54, 1.807) is 0 Å². The maximum atomic E-state index is 13.6. The van der Waals surface area contributed by atoms with Gasteiger partial charge in [0.15, 0.2) is 0 Å². The Morgan fingerprint density at radius 2 is 2.00 bits per heavy atom. The molecule has 8 heteroatoms. The molecule has 0 aliphatic carbocycles. The summed E-state index contributed by atoms with van der Waals surface area (Å²) in [5.41, 5.74) is -1.48. The summed E-state index contributed by atoms with van der Waals surface area (Å²) in [7, 11) is -1.21. The van der Waals surface area contributed by atoms with E-state index in [0.717, 1.165) is 21.4 Å². The number of hydrogen-bond acceptors (Lipinski definition) is 3. The summed E-state index contributed by atoms with van der Waals surface area (Å²) < 4.78 is 20.9. The molecule has 0 N–H and O–H groups in total. The first-order valence-corrected chi connectivity index (χ1v) is 11.1. The van der Waals surface area contributed by atoms with E-state index in [1.807, 2.05) is 0 Å². The average Bonchev–Trinajstić information content (AvgIpc) is 2.39. The summed E-state index contributed by atoms with van der Waals surface area (Å²) in [4.78, 5) is 23.7. The Morgan fingerprint density at radius 3 is 2.57 bits per heavy atom. The van der Waals surface area contributed by atoms with Crippen LogP contribution in [-0.2, 0) is 18.0 Å². The van der Waals surface area contributed by atoms with Gasteiger partial charge in [0, 0.05) is 27.1 Å². The van der Waals surface area contributed by atoms with E-state index in [1.165, 1.54) is 0 Å². The lowest BCUT2D eigenvalue weighted by atomic mass is 10.4. The molecule has 0 spiro atoms. The molecule has 0 aliphatic heterocycles. The molecule has 1 aromatic rings. The Hall–Kier alpha value is -0.923. The molecule has 0 unspecified atom stereocenters. The molecule has 0 saturated carbocycles. The number of aromatic nitrogens is 2. The predicted molar refractivity (Wildman–Crippen MR) is 84.4 cm³/mol. The zero-order valence-electron chi connectivity index (χ0n) is 12.7. The van der Waals surface area contributed by atoms with Gasteiger partial charge < -0.3 is 4.74 Å². The molecule has 21 heavy (non-hydrogen) atoms. The molecule has 5 nitrogen and oxygen atoms in total. The molecular formula is C13H22ClFN2O3Si. The standard InChI is InChI=1S/C13H22ClFN2O3Si/c1-21(2,3)8-7-20-10-16-9-11(15)12(18)17(13(16)19)6-4-5-14/h9H,4-8,10H2,1-3H3. The third-order valence-electron chi connectivity index (χ3n) is 2.94. The van der Waals surface area contributed by atoms with Crippen molar-refractivity contribution in [1.82, 2.24) is 9.13 Å². The minimum absolute atomic E-state index is 0.0542. The van der Waals surface area contributed by atoms with Gasteiger partial charge in [0.1, 0.15) is 6.73 Å². The fraction of sp³-hybridized carbons (Fsp3) is 0.692. The Balaban J connectivity index is 2.81. The van der Waals surface area contributed by atoms with Gasteiger partial charge in [0.25, 0.3) is 5.56 Å². The Morgan fingerprint density at radius 1 is 1.33 bits per heavy atom. The zero-order valence-corrected chi connectivity index (χ0v) is 14.5. The van der Waals surface area contributed by atoms with Crippen molar-refractivity contribution < 1.29 is 9.13 Å². The molecule has 0 bridgehead atoms. The van der Waals surface area contributed by atoms with Crippen molar-refractivity contribution in [3.05, 3.63) is 32.9 Å². The van der Waals surface area contributed by atoms with E-state index in [4.69, 9.17) is 16.3 Å². The number of halogens is 2. The topological polar surface area (TPSA) is 53.2 Å². The third kappa shape index (κ3) is 5.76. The number of alkyl halides is 1. The first kappa shape index (κ1) is 18.1. The van der Waals surface area contributed by atoms with Crippen LogP contribution in [0.1, 0.15) is 6.42 Å². The van der Waals surface area contributed by atoms with Crippen molar-refractivity contribution in [2.24, 2.45) is 0 Å². The quantitative estimate of drug-likeness (QED) is 0.415. The van der Waals surface area contributed by atoms with Crippen LogP contribution in [0, 0.1) is 5.82 Å². The van der Waals surface area contributed by atoms with Crippen molar-refractivity contribution in [3.8, 4) is 0 Å². The summed E-state index contributed by atoms with van der Waals surface area (Å²) >= 11 is 5.54. The van der Waals surface area contributed by atoms with Crippen molar-refractivity contribution in [3.63, 3.8) is 0 Å². The zero-order chi connectivity index (χ0) is 16.0. The second-order valence-electron chi connectivity index (χ2n) is 6.08. The molecule has 0 aromatic carbocycles. The Kier molecular flexibility index (Phi) is 6.83. The van der Waals surface area contributed by atoms with E-state index < -0.39 is 25.1 Å². The number of nitrogens with zero attached hydrogens (tertiary/aromatic N) is 2. The van der Waals surface area contributed by atoms with Gasteiger partial charge in [-0.15, -0.1) is 11.6 Å². The van der Waals surface area contributed by atoms with Gasteiger partial charge in [-0.1, -0.05) is 19.6 Å². The van der Waals surface area contributed by atoms with Crippen LogP contribution < -0.4 is 11.2 Å². The summed E-state index contributed by atoms with van der Waals surface area (Å²) in [6.07, 6.45) is 1.33. The minimum atomic E-state index is -1.21. The van der Waals surface area contributed by atoms with Crippen LogP contribution in [-0.4, -0.2) is 29.7 Å². The lowest BCUT2D eigenvalue weighted by Gasteiger charge is -2.16. The highest BCUT2D eigenvalue weighted by Gasteiger charge is 2.13. The van der Waals surface area contributed by atoms with Crippen LogP contribution in [0.5, 0.6) is 0 Å². The summed E-state index contributed by atoms with van der Waals surface area (Å²) in [5.74, 6) is -0.660. The van der Waals surface area contributed by atoms with Gasteiger partial charge in [-0.05, 0) is 12.5 Å². The summed E-state index contributed by atoms with van der Waals surface area (Å²) in [6, 6.07) is 0.954. The molecule has 0 amide bonds. The van der Waals surface area contributed by atoms with E-state index in [-0.39, 0.29) is 13.3 Å². The first-order chi connectivity index (χ1) is 9.76. The average molecular weight is 337 g/mol. The van der Waals surface area contributed by atoms with E-state index in [9.17, 15) is 14.0 Å². The second-order valence-corrected chi connectivity index (χ2v) is 12.1. The van der Waals surface area contributed by atoms with E-state index >= 15 is 0 Å². The number of ether oxygens (including phenoxy) is 1. The smallest absolute Gasteiger partial charge is 0.333 e. The predicted octanol–water partition coefficient (Wildman–Crippen LogP) is 2.09. The molecule has 0 radical (unpaired) electrons. The highest BCUT2D eigenvalue weighted by Crippen LogP contribution is 2.07. The fourth-order valence-electron chi connectivity index (χ4n) is 1.67. The maximum Gasteiger partial charge on any atom is 0.333 e. The molecule has 1 heterocycles. The minimum Gasteiger partial charge on any atom is -0.361 e. The highest BCUT2D eigenvalue weighted by molar-refractivity contribution is 6.76. The van der Waals surface area contributed by atoms with Crippen molar-refractivity contribution in [2.45, 2.75) is 45.4 Å². The molecule has 1 rings (SSSR count). The molecule has 0 fully saturated rings. The normalized spacial score (nSPS) is 11.9. The van der Waals surface area contributed by atoms with Crippen molar-refractivity contribution in [2.75, 3.05) is 12.5 Å².